The van der Waals surface area contributed by atoms with Gasteiger partial charge in [0.15, 0.2) is 5.78 Å². The lowest BCUT2D eigenvalue weighted by Crippen LogP contribution is -2.43. The molecule has 4 heteroatoms. The van der Waals surface area contributed by atoms with Crippen LogP contribution in [0.5, 0.6) is 0 Å². The van der Waals surface area contributed by atoms with Crippen LogP contribution in [0.1, 0.15) is 76.2 Å². The van der Waals surface area contributed by atoms with Crippen LogP contribution in [0, 0.1) is 11.5 Å². The van der Waals surface area contributed by atoms with Crippen molar-refractivity contribution >= 4 is 19.5 Å². The van der Waals surface area contributed by atoms with Crippen LogP contribution in [-0.4, -0.2) is 40.2 Å². The molecule has 0 bridgehead atoms. The number of benzene rings is 2. The molecule has 0 spiro atoms. The summed E-state index contributed by atoms with van der Waals surface area (Å²) in [5, 5.41) is 0. The van der Waals surface area contributed by atoms with E-state index >= 15 is 0 Å². The van der Waals surface area contributed by atoms with E-state index in [-0.39, 0.29) is 11.7 Å². The maximum atomic E-state index is 13.2. The van der Waals surface area contributed by atoms with Crippen molar-refractivity contribution < 1.29 is 9.53 Å². The van der Waals surface area contributed by atoms with E-state index in [0.29, 0.717) is 23.0 Å². The molecular formula is C31H43NO2Si. The van der Waals surface area contributed by atoms with E-state index in [1.165, 1.54) is 11.3 Å². The Morgan fingerprint density at radius 3 is 2.00 bits per heavy atom. The van der Waals surface area contributed by atoms with Gasteiger partial charge in [-0.2, -0.15) is 0 Å². The van der Waals surface area contributed by atoms with Crippen LogP contribution in [0.15, 0.2) is 54.6 Å². The first-order chi connectivity index (χ1) is 16.8. The van der Waals surface area contributed by atoms with E-state index in [1.54, 1.807) is 0 Å². The molecule has 1 heterocycles. The van der Waals surface area contributed by atoms with Gasteiger partial charge in [0.25, 0.3) is 0 Å². The number of carbonyl (C=O) groups is 1. The number of ether oxygens (including phenoxy) is 1. The Morgan fingerprint density at radius 1 is 0.886 bits per heavy atom. The zero-order valence-corrected chi connectivity index (χ0v) is 23.5. The van der Waals surface area contributed by atoms with Gasteiger partial charge in [0.1, 0.15) is 8.07 Å². The fourth-order valence-corrected chi connectivity index (χ4v) is 11.1. The molecule has 188 valence electrons. The lowest BCUT2D eigenvalue weighted by molar-refractivity contribution is 0.0974. The summed E-state index contributed by atoms with van der Waals surface area (Å²) in [5.74, 6) is 3.92. The van der Waals surface area contributed by atoms with Crippen LogP contribution in [-0.2, 0) is 4.74 Å². The van der Waals surface area contributed by atoms with Crippen LogP contribution >= 0.6 is 0 Å². The molecule has 1 fully saturated rings. The summed E-state index contributed by atoms with van der Waals surface area (Å²) < 4.78 is 5.50. The molecule has 1 atom stereocenters. The zero-order chi connectivity index (χ0) is 25.4. The fraction of sp³-hybridized carbons (Fsp3) is 0.516. The predicted octanol–water partition coefficient (Wildman–Crippen LogP) is 7.49. The number of anilines is 1. The summed E-state index contributed by atoms with van der Waals surface area (Å²) in [7, 11) is -1.80. The van der Waals surface area contributed by atoms with Gasteiger partial charge >= 0.3 is 0 Å². The molecule has 0 saturated carbocycles. The van der Waals surface area contributed by atoms with Gasteiger partial charge in [-0.05, 0) is 34.3 Å². The summed E-state index contributed by atoms with van der Waals surface area (Å²) in [4.78, 5) is 15.5. The standard InChI is InChI=1S/C31H43NO2Si/c1-24(2)35(25(3)4,26(5)6)22-10-13-29(23-31(33)28-11-8-7-9-12-28)27-14-16-30(17-15-27)32-18-20-34-21-19-32/h7-9,11-12,14-17,24-26,29H,13,18-21,23H2,1-6H3. The van der Waals surface area contributed by atoms with E-state index in [1.807, 2.05) is 30.3 Å². The average molecular weight is 490 g/mol. The Balaban J connectivity index is 1.87. The van der Waals surface area contributed by atoms with Crippen LogP contribution in [0.4, 0.5) is 5.69 Å². The number of rotatable bonds is 9. The number of morpholine rings is 1. The quantitative estimate of drug-likeness (QED) is 0.208. The molecule has 35 heavy (non-hydrogen) atoms. The number of hydrogen-bond donors (Lipinski definition) is 0. The Hall–Kier alpha value is -2.35. The fourth-order valence-electron chi connectivity index (χ4n) is 5.81. The first-order valence-corrected chi connectivity index (χ1v) is 15.5. The minimum absolute atomic E-state index is 0.0899. The largest absolute Gasteiger partial charge is 0.378 e. The van der Waals surface area contributed by atoms with Crippen molar-refractivity contribution in [1.82, 2.24) is 0 Å². The number of ketones is 1. The summed E-state index contributed by atoms with van der Waals surface area (Å²) in [6.07, 6.45) is 1.20. The van der Waals surface area contributed by atoms with Gasteiger partial charge in [0.2, 0.25) is 0 Å². The Kier molecular flexibility index (Phi) is 9.77. The van der Waals surface area contributed by atoms with Crippen molar-refractivity contribution in [3.63, 3.8) is 0 Å². The van der Waals surface area contributed by atoms with Gasteiger partial charge < -0.3 is 9.64 Å². The highest BCUT2D eigenvalue weighted by atomic mass is 28.3. The molecule has 0 aromatic heterocycles. The smallest absolute Gasteiger partial charge is 0.163 e. The van der Waals surface area contributed by atoms with Crippen molar-refractivity contribution in [3.05, 3.63) is 65.7 Å². The second kappa shape index (κ2) is 12.6. The Bertz CT molecular complexity index is 974. The van der Waals surface area contributed by atoms with Crippen LogP contribution < -0.4 is 4.90 Å². The number of nitrogens with zero attached hydrogens (tertiary/aromatic N) is 1. The van der Waals surface area contributed by atoms with E-state index < -0.39 is 8.07 Å². The molecule has 3 rings (SSSR count). The molecule has 1 unspecified atom stereocenters. The molecule has 0 aliphatic carbocycles. The minimum Gasteiger partial charge on any atom is -0.378 e. The summed E-state index contributed by atoms with van der Waals surface area (Å²) in [6.45, 7) is 17.5. The second-order valence-electron chi connectivity index (χ2n) is 10.8. The molecule has 2 aromatic carbocycles. The van der Waals surface area contributed by atoms with E-state index in [0.717, 1.165) is 38.3 Å². The van der Waals surface area contributed by atoms with Gasteiger partial charge in [-0.15, -0.1) is 11.5 Å². The third kappa shape index (κ3) is 6.66. The highest BCUT2D eigenvalue weighted by Gasteiger charge is 2.41. The van der Waals surface area contributed by atoms with Gasteiger partial charge in [-0.1, -0.05) is 84.0 Å². The SMILES string of the molecule is CC(C)[Si](C#CCC(CC(=O)c1ccccc1)c1ccc(N2CCOCC2)cc1)(C(C)C)C(C)C. The average Bonchev–Trinajstić information content (AvgIpc) is 2.86. The first-order valence-electron chi connectivity index (χ1n) is 13.3. The Labute approximate surface area is 214 Å². The summed E-state index contributed by atoms with van der Waals surface area (Å²) in [6, 6.07) is 18.5. The predicted molar refractivity (Wildman–Crippen MR) is 151 cm³/mol. The molecule has 1 saturated heterocycles. The van der Waals surface area contributed by atoms with Crippen LogP contribution in [0.25, 0.3) is 0 Å². The third-order valence-corrected chi connectivity index (χ3v) is 14.1. The molecule has 3 nitrogen and oxygen atoms in total. The van der Waals surface area contributed by atoms with Gasteiger partial charge in [0.05, 0.1) is 13.2 Å². The van der Waals surface area contributed by atoms with Gasteiger partial charge in [0, 0.05) is 43.1 Å². The molecule has 0 amide bonds. The van der Waals surface area contributed by atoms with E-state index in [9.17, 15) is 4.79 Å². The third-order valence-electron chi connectivity index (χ3n) is 7.79. The van der Waals surface area contributed by atoms with Crippen molar-refractivity contribution in [1.29, 1.82) is 0 Å². The normalized spacial score (nSPS) is 15.3. The van der Waals surface area contributed by atoms with Crippen molar-refractivity contribution in [2.45, 2.75) is 76.9 Å². The molecule has 1 aliphatic heterocycles. The molecule has 0 radical (unpaired) electrons. The Morgan fingerprint density at radius 2 is 1.46 bits per heavy atom. The van der Waals surface area contributed by atoms with Crippen molar-refractivity contribution in [3.8, 4) is 11.5 Å². The number of carbonyl (C=O) groups excluding carboxylic acids is 1. The lowest BCUT2D eigenvalue weighted by Gasteiger charge is -2.38. The second-order valence-corrected chi connectivity index (χ2v) is 16.4. The van der Waals surface area contributed by atoms with E-state index in [4.69, 9.17) is 4.74 Å². The van der Waals surface area contributed by atoms with Gasteiger partial charge in [-0.25, -0.2) is 0 Å². The molecular weight excluding hydrogens is 446 g/mol. The minimum atomic E-state index is -1.80. The number of Topliss-reactive ketones (excluding diaryl/α,β-unsaturated/α-hetero) is 1. The highest BCUT2D eigenvalue weighted by molar-refractivity contribution is 6.90. The van der Waals surface area contributed by atoms with Crippen LogP contribution in [0.3, 0.4) is 0 Å². The number of hydrogen-bond acceptors (Lipinski definition) is 3. The van der Waals surface area contributed by atoms with Crippen molar-refractivity contribution in [2.24, 2.45) is 0 Å². The first kappa shape index (κ1) is 27.2. The maximum absolute atomic E-state index is 13.2. The highest BCUT2D eigenvalue weighted by Crippen LogP contribution is 2.41. The molecule has 0 N–H and O–H groups in total. The lowest BCUT2D eigenvalue weighted by atomic mass is 9.89. The summed E-state index contributed by atoms with van der Waals surface area (Å²) >= 11 is 0. The zero-order valence-electron chi connectivity index (χ0n) is 22.5. The molecule has 2 aromatic rings. The molecule has 1 aliphatic rings. The summed E-state index contributed by atoms with van der Waals surface area (Å²) in [5.41, 5.74) is 8.88. The van der Waals surface area contributed by atoms with Crippen LogP contribution in [0.2, 0.25) is 16.6 Å². The monoisotopic (exact) mass is 489 g/mol. The topological polar surface area (TPSA) is 29.5 Å². The maximum Gasteiger partial charge on any atom is 0.163 e. The van der Waals surface area contributed by atoms with E-state index in [2.05, 4.69) is 82.2 Å². The van der Waals surface area contributed by atoms with Gasteiger partial charge in [-0.3, -0.25) is 4.79 Å². The van der Waals surface area contributed by atoms with Crippen molar-refractivity contribution in [2.75, 3.05) is 31.2 Å².